The topological polar surface area (TPSA) is 95.9 Å². The van der Waals surface area contributed by atoms with Crippen molar-refractivity contribution in [2.75, 3.05) is 13.2 Å². The molecule has 0 rings (SSSR count). The van der Waals surface area contributed by atoms with Crippen LogP contribution in [0.4, 0.5) is 0 Å². The molecule has 3 N–H and O–H groups in total. The predicted octanol–water partition coefficient (Wildman–Crippen LogP) is 21.4. The maximum atomic E-state index is 12.5. The molecule has 0 saturated carbocycles. The van der Waals surface area contributed by atoms with Gasteiger partial charge in [0.1, 0.15) is 0 Å². The molecule has 0 heterocycles. The SMILES string of the molecule is CCCCCC/C=C\C/C=C\CCCCCCCC(=O)OCCCCCCCCCCCCCCCCCCCC(=O)NC(CO)C(O)CCCCCCCCCCCCCCCCCCCCCCCCCC. The van der Waals surface area contributed by atoms with Gasteiger partial charge in [-0.15, -0.1) is 0 Å². The van der Waals surface area contributed by atoms with Crippen molar-refractivity contribution in [2.45, 2.75) is 386 Å². The van der Waals surface area contributed by atoms with Crippen molar-refractivity contribution >= 4 is 11.9 Å². The Balaban J connectivity index is 3.41. The molecule has 0 aromatic carbocycles. The Morgan fingerprint density at radius 2 is 0.676 bits per heavy atom. The number of rotatable bonds is 63. The van der Waals surface area contributed by atoms with Crippen LogP contribution in [0, 0.1) is 0 Å². The first-order valence-corrected chi connectivity index (χ1v) is 33.6. The summed E-state index contributed by atoms with van der Waals surface area (Å²) >= 11 is 0. The Labute approximate surface area is 462 Å². The fourth-order valence-electron chi connectivity index (χ4n) is 10.6. The number of amides is 1. The Morgan fingerprint density at radius 1 is 0.378 bits per heavy atom. The minimum Gasteiger partial charge on any atom is -0.466 e. The molecule has 438 valence electrons. The molecule has 0 aliphatic carbocycles. The van der Waals surface area contributed by atoms with E-state index in [-0.39, 0.29) is 18.5 Å². The normalized spacial score (nSPS) is 12.6. The van der Waals surface area contributed by atoms with Gasteiger partial charge in [-0.3, -0.25) is 9.59 Å². The summed E-state index contributed by atoms with van der Waals surface area (Å²) < 4.78 is 5.48. The third-order valence-electron chi connectivity index (χ3n) is 15.8. The molecular weight excluding hydrogens is 911 g/mol. The van der Waals surface area contributed by atoms with Crippen molar-refractivity contribution < 1.29 is 24.5 Å². The van der Waals surface area contributed by atoms with Gasteiger partial charge in [0.2, 0.25) is 5.91 Å². The zero-order chi connectivity index (χ0) is 53.6. The van der Waals surface area contributed by atoms with Gasteiger partial charge in [-0.2, -0.15) is 0 Å². The predicted molar refractivity (Wildman–Crippen MR) is 324 cm³/mol. The summed E-state index contributed by atoms with van der Waals surface area (Å²) in [6, 6.07) is -0.547. The van der Waals surface area contributed by atoms with Crippen molar-refractivity contribution in [3.8, 4) is 0 Å². The van der Waals surface area contributed by atoms with Crippen LogP contribution in [0.2, 0.25) is 0 Å². The lowest BCUT2D eigenvalue weighted by atomic mass is 10.0. The smallest absolute Gasteiger partial charge is 0.305 e. The summed E-state index contributed by atoms with van der Waals surface area (Å²) in [5, 5.41) is 23.4. The maximum Gasteiger partial charge on any atom is 0.305 e. The first kappa shape index (κ1) is 72.3. The summed E-state index contributed by atoms with van der Waals surface area (Å²) in [6.45, 7) is 4.95. The first-order chi connectivity index (χ1) is 36.5. The van der Waals surface area contributed by atoms with Crippen LogP contribution in [0.1, 0.15) is 373 Å². The van der Waals surface area contributed by atoms with Gasteiger partial charge in [-0.1, -0.05) is 327 Å². The van der Waals surface area contributed by atoms with E-state index in [0.717, 1.165) is 51.4 Å². The average molecular weight is 1040 g/mol. The van der Waals surface area contributed by atoms with Crippen molar-refractivity contribution in [2.24, 2.45) is 0 Å². The van der Waals surface area contributed by atoms with E-state index in [4.69, 9.17) is 4.74 Å². The van der Waals surface area contributed by atoms with Gasteiger partial charge >= 0.3 is 5.97 Å². The van der Waals surface area contributed by atoms with Gasteiger partial charge < -0.3 is 20.3 Å². The van der Waals surface area contributed by atoms with Crippen LogP contribution in [0.5, 0.6) is 0 Å². The van der Waals surface area contributed by atoms with E-state index in [2.05, 4.69) is 43.5 Å². The lowest BCUT2D eigenvalue weighted by molar-refractivity contribution is -0.143. The van der Waals surface area contributed by atoms with Crippen LogP contribution in [-0.4, -0.2) is 47.4 Å². The third-order valence-corrected chi connectivity index (χ3v) is 15.8. The molecule has 0 radical (unpaired) electrons. The number of aliphatic hydroxyl groups is 2. The minimum absolute atomic E-state index is 0.00697. The number of unbranched alkanes of at least 4 members (excludes halogenated alkanes) is 48. The molecule has 0 saturated heterocycles. The first-order valence-electron chi connectivity index (χ1n) is 33.6. The fourth-order valence-corrected chi connectivity index (χ4v) is 10.6. The molecule has 0 spiro atoms. The highest BCUT2D eigenvalue weighted by atomic mass is 16.5. The molecule has 2 unspecified atom stereocenters. The average Bonchev–Trinajstić information content (AvgIpc) is 3.40. The van der Waals surface area contributed by atoms with Crippen molar-refractivity contribution in [1.29, 1.82) is 0 Å². The Morgan fingerprint density at radius 3 is 1.04 bits per heavy atom. The van der Waals surface area contributed by atoms with E-state index >= 15 is 0 Å². The number of allylic oxidation sites excluding steroid dienone is 4. The number of nitrogens with one attached hydrogen (secondary N) is 1. The highest BCUT2D eigenvalue weighted by molar-refractivity contribution is 5.76. The fraction of sp³-hybridized carbons (Fsp3) is 0.912. The van der Waals surface area contributed by atoms with Gasteiger partial charge in [0, 0.05) is 12.8 Å². The van der Waals surface area contributed by atoms with Crippen LogP contribution in [-0.2, 0) is 14.3 Å². The second-order valence-electron chi connectivity index (χ2n) is 23.2. The molecule has 74 heavy (non-hydrogen) atoms. The lowest BCUT2D eigenvalue weighted by Crippen LogP contribution is -2.45. The zero-order valence-electron chi connectivity index (χ0n) is 50.1. The summed E-state index contributed by atoms with van der Waals surface area (Å²) in [6.07, 6.45) is 79.1. The molecular formula is C68H131NO5. The Bertz CT molecular complexity index is 1150. The molecule has 0 aliphatic heterocycles. The van der Waals surface area contributed by atoms with Gasteiger partial charge in [0.05, 0.1) is 25.4 Å². The van der Waals surface area contributed by atoms with E-state index in [0.29, 0.717) is 25.9 Å². The van der Waals surface area contributed by atoms with Crippen LogP contribution in [0.3, 0.4) is 0 Å². The Hall–Kier alpha value is -1.66. The standard InChI is InChI=1S/C68H131NO5/c1-3-5-7-9-11-13-15-17-19-21-22-23-24-25-26-27-29-32-36-40-44-48-52-56-60-66(71)65(64-70)69-67(72)61-57-53-49-45-41-37-33-30-28-31-35-39-43-47-51-55-59-63-74-68(73)62-58-54-50-46-42-38-34-20-18-16-14-12-10-8-6-4-2/h14,16,20,34,65-66,70-71H,3-13,15,17-19,21-33,35-64H2,1-2H3,(H,69,72)/b16-14-,34-20-. The van der Waals surface area contributed by atoms with Crippen LogP contribution < -0.4 is 5.32 Å². The summed E-state index contributed by atoms with van der Waals surface area (Å²) in [7, 11) is 0. The van der Waals surface area contributed by atoms with E-state index in [1.807, 2.05) is 0 Å². The Kier molecular flexibility index (Phi) is 62.4. The molecule has 0 bridgehead atoms. The summed E-state index contributed by atoms with van der Waals surface area (Å²) in [5.41, 5.74) is 0. The number of aliphatic hydroxyl groups excluding tert-OH is 2. The zero-order valence-corrected chi connectivity index (χ0v) is 50.1. The monoisotopic (exact) mass is 1040 g/mol. The molecule has 6 heteroatoms. The molecule has 0 aliphatic rings. The van der Waals surface area contributed by atoms with Gasteiger partial charge in [-0.05, 0) is 57.8 Å². The number of carbonyl (C=O) groups excluding carboxylic acids is 2. The maximum absolute atomic E-state index is 12.5. The minimum atomic E-state index is -0.670. The van der Waals surface area contributed by atoms with E-state index in [1.165, 1.54) is 289 Å². The van der Waals surface area contributed by atoms with Crippen molar-refractivity contribution in [3.63, 3.8) is 0 Å². The second-order valence-corrected chi connectivity index (χ2v) is 23.2. The number of hydrogen-bond donors (Lipinski definition) is 3. The summed E-state index contributed by atoms with van der Waals surface area (Å²) in [5.74, 6) is -0.0433. The van der Waals surface area contributed by atoms with Crippen LogP contribution >= 0.6 is 0 Å². The summed E-state index contributed by atoms with van der Waals surface area (Å²) in [4.78, 5) is 24.6. The molecule has 0 fully saturated rings. The number of esters is 1. The molecule has 2 atom stereocenters. The molecule has 0 aromatic heterocycles. The van der Waals surface area contributed by atoms with Crippen LogP contribution in [0.15, 0.2) is 24.3 Å². The molecule has 0 aromatic rings. The third kappa shape index (κ3) is 59.6. The van der Waals surface area contributed by atoms with Gasteiger partial charge in [0.15, 0.2) is 0 Å². The van der Waals surface area contributed by atoms with Crippen LogP contribution in [0.25, 0.3) is 0 Å². The lowest BCUT2D eigenvalue weighted by Gasteiger charge is -2.22. The van der Waals surface area contributed by atoms with E-state index < -0.39 is 12.1 Å². The largest absolute Gasteiger partial charge is 0.466 e. The molecule has 1 amide bonds. The second kappa shape index (κ2) is 63.9. The van der Waals surface area contributed by atoms with Crippen molar-refractivity contribution in [1.82, 2.24) is 5.32 Å². The van der Waals surface area contributed by atoms with Gasteiger partial charge in [0.25, 0.3) is 0 Å². The highest BCUT2D eigenvalue weighted by Gasteiger charge is 2.20. The number of hydrogen-bond acceptors (Lipinski definition) is 5. The number of ether oxygens (including phenoxy) is 1. The van der Waals surface area contributed by atoms with Gasteiger partial charge in [-0.25, -0.2) is 0 Å². The quantitative estimate of drug-likeness (QED) is 0.0320. The van der Waals surface area contributed by atoms with E-state index in [1.54, 1.807) is 0 Å². The van der Waals surface area contributed by atoms with E-state index in [9.17, 15) is 19.8 Å². The highest BCUT2D eigenvalue weighted by Crippen LogP contribution is 2.19. The molecule has 6 nitrogen and oxygen atoms in total. The van der Waals surface area contributed by atoms with Crippen molar-refractivity contribution in [3.05, 3.63) is 24.3 Å². The number of carbonyl (C=O) groups is 2.